The molecule has 1 aliphatic carbocycles. The molecule has 0 saturated carbocycles. The first-order valence-electron chi connectivity index (χ1n) is 6.31. The van der Waals surface area contributed by atoms with Crippen LogP contribution in [0.4, 0.5) is 0 Å². The number of amides is 1. The zero-order valence-electron chi connectivity index (χ0n) is 10.8. The largest absolute Gasteiger partial charge is 0.335 e. The zero-order chi connectivity index (χ0) is 13.8. The molecule has 3 heteroatoms. The van der Waals surface area contributed by atoms with Crippen LogP contribution in [0.1, 0.15) is 15.9 Å². The molecule has 1 aliphatic rings. The van der Waals surface area contributed by atoms with Gasteiger partial charge >= 0.3 is 0 Å². The second kappa shape index (κ2) is 5.65. The van der Waals surface area contributed by atoms with Crippen LogP contribution in [0.2, 0.25) is 0 Å². The molecule has 0 bridgehead atoms. The average Bonchev–Trinajstić information content (AvgIpc) is 2.76. The molecule has 0 spiro atoms. The fraction of sp³-hybridized carbons (Fsp3) is 0.250. The normalized spacial score (nSPS) is 16.8. The van der Waals surface area contributed by atoms with Crippen LogP contribution in [-0.2, 0) is 11.2 Å². The third kappa shape index (κ3) is 2.50. The fourth-order valence-electron chi connectivity index (χ4n) is 2.42. The number of nitrogens with zero attached hydrogens (tertiary/aromatic N) is 1. The van der Waals surface area contributed by atoms with Gasteiger partial charge in [0.05, 0.1) is 0 Å². The summed E-state index contributed by atoms with van der Waals surface area (Å²) < 4.78 is 0. The number of benzene rings is 1. The molecule has 3 nitrogen and oxygen atoms in total. The highest BCUT2D eigenvalue weighted by atomic mass is 16.2. The van der Waals surface area contributed by atoms with Gasteiger partial charge < -0.3 is 4.90 Å². The van der Waals surface area contributed by atoms with Crippen LogP contribution >= 0.6 is 0 Å². The number of carbonyl (C=O) groups is 2. The van der Waals surface area contributed by atoms with Gasteiger partial charge in [0.15, 0.2) is 5.78 Å². The van der Waals surface area contributed by atoms with Gasteiger partial charge in [0.2, 0.25) is 5.91 Å². The number of carbonyl (C=O) groups excluding carboxylic acids is 2. The number of ketones is 1. The fourth-order valence-corrected chi connectivity index (χ4v) is 2.42. The first-order valence-corrected chi connectivity index (χ1v) is 6.31. The highest BCUT2D eigenvalue weighted by molar-refractivity contribution is 6.13. The Labute approximate surface area is 113 Å². The Morgan fingerprint density at radius 3 is 2.47 bits per heavy atom. The maximum Gasteiger partial charge on any atom is 0.234 e. The predicted molar refractivity (Wildman–Crippen MR) is 74.9 cm³/mol. The van der Waals surface area contributed by atoms with Crippen LogP contribution in [0, 0.1) is 5.92 Å². The number of rotatable bonds is 5. The minimum absolute atomic E-state index is 0.0706. The molecule has 0 saturated heterocycles. The molecular formula is C16H17NO2. The van der Waals surface area contributed by atoms with E-state index in [0.717, 1.165) is 5.56 Å². The summed E-state index contributed by atoms with van der Waals surface area (Å²) in [6.45, 7) is 8.15. The standard InChI is InChI=1S/C16H17NO2/c1-3-9-17(10-4-2)16(19)14-11-12-7-5-6-8-13(12)15(14)18/h3-8,14H,1-2,9-11H2. The molecule has 1 aromatic rings. The number of hydrogen-bond donors (Lipinski definition) is 0. The van der Waals surface area contributed by atoms with Gasteiger partial charge in [-0.3, -0.25) is 9.59 Å². The molecule has 19 heavy (non-hydrogen) atoms. The molecule has 98 valence electrons. The minimum Gasteiger partial charge on any atom is -0.335 e. The van der Waals surface area contributed by atoms with Crippen molar-refractivity contribution < 1.29 is 9.59 Å². The molecular weight excluding hydrogens is 238 g/mol. The second-order valence-electron chi connectivity index (χ2n) is 4.60. The lowest BCUT2D eigenvalue weighted by atomic mass is 10.0. The molecule has 1 aromatic carbocycles. The Morgan fingerprint density at radius 1 is 1.26 bits per heavy atom. The number of Topliss-reactive ketones (excluding diaryl/α,β-unsaturated/α-hetero) is 1. The van der Waals surface area contributed by atoms with Crippen LogP contribution in [0.3, 0.4) is 0 Å². The summed E-state index contributed by atoms with van der Waals surface area (Å²) in [5.74, 6) is -0.794. The lowest BCUT2D eigenvalue weighted by Crippen LogP contribution is -2.38. The van der Waals surface area contributed by atoms with Crippen molar-refractivity contribution in [1.82, 2.24) is 4.90 Å². The van der Waals surface area contributed by atoms with Gasteiger partial charge in [-0.15, -0.1) is 13.2 Å². The third-order valence-electron chi connectivity index (χ3n) is 3.33. The SMILES string of the molecule is C=CCN(CC=C)C(=O)C1Cc2ccccc2C1=O. The van der Waals surface area contributed by atoms with E-state index in [4.69, 9.17) is 0 Å². The van der Waals surface area contributed by atoms with Crippen molar-refractivity contribution >= 4 is 11.7 Å². The van der Waals surface area contributed by atoms with Crippen molar-refractivity contribution in [3.8, 4) is 0 Å². The van der Waals surface area contributed by atoms with Gasteiger partial charge in [0.1, 0.15) is 5.92 Å². The molecule has 1 unspecified atom stereocenters. The van der Waals surface area contributed by atoms with Crippen molar-refractivity contribution in [1.29, 1.82) is 0 Å². The van der Waals surface area contributed by atoms with Crippen LogP contribution in [0.15, 0.2) is 49.6 Å². The summed E-state index contributed by atoms with van der Waals surface area (Å²) in [4.78, 5) is 26.3. The van der Waals surface area contributed by atoms with Gasteiger partial charge in [-0.05, 0) is 12.0 Å². The summed E-state index contributed by atoms with van der Waals surface area (Å²) in [6, 6.07) is 7.42. The van der Waals surface area contributed by atoms with E-state index in [1.807, 2.05) is 18.2 Å². The van der Waals surface area contributed by atoms with E-state index in [9.17, 15) is 9.59 Å². The van der Waals surface area contributed by atoms with Crippen LogP contribution < -0.4 is 0 Å². The summed E-state index contributed by atoms with van der Waals surface area (Å²) in [5, 5.41) is 0. The van der Waals surface area contributed by atoms with E-state index < -0.39 is 5.92 Å². The monoisotopic (exact) mass is 255 g/mol. The smallest absolute Gasteiger partial charge is 0.234 e. The predicted octanol–water partition coefficient (Wildman–Crippen LogP) is 2.24. The van der Waals surface area contributed by atoms with E-state index in [0.29, 0.717) is 25.1 Å². The van der Waals surface area contributed by atoms with E-state index >= 15 is 0 Å². The van der Waals surface area contributed by atoms with Crippen LogP contribution in [-0.4, -0.2) is 29.7 Å². The summed E-state index contributed by atoms with van der Waals surface area (Å²) >= 11 is 0. The van der Waals surface area contributed by atoms with Crippen molar-refractivity contribution in [3.05, 3.63) is 60.7 Å². The minimum atomic E-state index is -0.586. The van der Waals surface area contributed by atoms with Crippen molar-refractivity contribution in [2.75, 3.05) is 13.1 Å². The van der Waals surface area contributed by atoms with Crippen molar-refractivity contribution in [2.45, 2.75) is 6.42 Å². The maximum atomic E-state index is 12.4. The quantitative estimate of drug-likeness (QED) is 0.597. The van der Waals surface area contributed by atoms with Crippen molar-refractivity contribution in [3.63, 3.8) is 0 Å². The van der Waals surface area contributed by atoms with Crippen LogP contribution in [0.25, 0.3) is 0 Å². The molecule has 0 aromatic heterocycles. The Hall–Kier alpha value is -2.16. The first-order chi connectivity index (χ1) is 9.19. The van der Waals surface area contributed by atoms with E-state index in [1.165, 1.54) is 0 Å². The molecule has 0 heterocycles. The van der Waals surface area contributed by atoms with E-state index in [-0.39, 0.29) is 11.7 Å². The Bertz CT molecular complexity index is 523. The van der Waals surface area contributed by atoms with Gasteiger partial charge in [0, 0.05) is 18.7 Å². The summed E-state index contributed by atoms with van der Waals surface area (Å²) in [7, 11) is 0. The van der Waals surface area contributed by atoms with E-state index in [2.05, 4.69) is 13.2 Å². The summed E-state index contributed by atoms with van der Waals surface area (Å²) in [6.07, 6.45) is 3.82. The first kappa shape index (κ1) is 13.3. The van der Waals surface area contributed by atoms with Gasteiger partial charge in [-0.2, -0.15) is 0 Å². The molecule has 2 rings (SSSR count). The van der Waals surface area contributed by atoms with Crippen LogP contribution in [0.5, 0.6) is 0 Å². The number of fused-ring (bicyclic) bond motifs is 1. The molecule has 1 atom stereocenters. The third-order valence-corrected chi connectivity index (χ3v) is 3.33. The second-order valence-corrected chi connectivity index (χ2v) is 4.60. The molecule has 0 N–H and O–H groups in total. The lowest BCUT2D eigenvalue weighted by Gasteiger charge is -2.22. The van der Waals surface area contributed by atoms with Gasteiger partial charge in [-0.25, -0.2) is 0 Å². The highest BCUT2D eigenvalue weighted by Gasteiger charge is 2.37. The summed E-state index contributed by atoms with van der Waals surface area (Å²) in [5.41, 5.74) is 1.64. The molecule has 1 amide bonds. The molecule has 0 aliphatic heterocycles. The average molecular weight is 255 g/mol. The van der Waals surface area contributed by atoms with E-state index in [1.54, 1.807) is 23.1 Å². The Morgan fingerprint density at radius 2 is 1.89 bits per heavy atom. The van der Waals surface area contributed by atoms with Gasteiger partial charge in [0.25, 0.3) is 0 Å². The maximum absolute atomic E-state index is 12.4. The Kier molecular flexibility index (Phi) is 3.95. The van der Waals surface area contributed by atoms with Gasteiger partial charge in [-0.1, -0.05) is 36.4 Å². The number of hydrogen-bond acceptors (Lipinski definition) is 2. The lowest BCUT2D eigenvalue weighted by molar-refractivity contribution is -0.132. The zero-order valence-corrected chi connectivity index (χ0v) is 10.8. The Balaban J connectivity index is 2.20. The highest BCUT2D eigenvalue weighted by Crippen LogP contribution is 2.27. The molecule has 0 fully saturated rings. The topological polar surface area (TPSA) is 37.4 Å². The molecule has 0 radical (unpaired) electrons. The van der Waals surface area contributed by atoms with Crippen molar-refractivity contribution in [2.24, 2.45) is 5.92 Å².